The van der Waals surface area contributed by atoms with E-state index in [-0.39, 0.29) is 12.0 Å². The first-order valence-corrected chi connectivity index (χ1v) is 6.78. The van der Waals surface area contributed by atoms with Crippen LogP contribution in [0.5, 0.6) is 0 Å². The van der Waals surface area contributed by atoms with E-state index in [2.05, 4.69) is 20.3 Å². The van der Waals surface area contributed by atoms with Crippen LogP contribution in [0.25, 0.3) is 11.2 Å². The van der Waals surface area contributed by atoms with Gasteiger partial charge in [0.15, 0.2) is 11.5 Å². The van der Waals surface area contributed by atoms with E-state index in [1.165, 1.54) is 0 Å². The zero-order valence-electron chi connectivity index (χ0n) is 11.8. The number of imidazole rings is 1. The van der Waals surface area contributed by atoms with Crippen molar-refractivity contribution in [2.75, 3.05) is 12.4 Å². The fourth-order valence-corrected chi connectivity index (χ4v) is 2.94. The highest BCUT2D eigenvalue weighted by Gasteiger charge is 2.40. The van der Waals surface area contributed by atoms with Gasteiger partial charge in [-0.25, -0.2) is 15.0 Å². The van der Waals surface area contributed by atoms with E-state index in [0.29, 0.717) is 29.2 Å². The van der Waals surface area contributed by atoms with Gasteiger partial charge in [0, 0.05) is 7.05 Å². The molecule has 7 nitrogen and oxygen atoms in total. The Labute approximate surface area is 116 Å². The van der Waals surface area contributed by atoms with Crippen LogP contribution in [-0.4, -0.2) is 49.0 Å². The fraction of sp³-hybridized carbons (Fsp3) is 0.615. The Hall–Kier alpha value is -1.73. The normalized spacial score (nSPS) is 30.1. The molecule has 0 aliphatic heterocycles. The number of aryl methyl sites for hydroxylation is 1. The summed E-state index contributed by atoms with van der Waals surface area (Å²) in [6.07, 6.45) is 0.865. The summed E-state index contributed by atoms with van der Waals surface area (Å²) < 4.78 is 1.85. The second kappa shape index (κ2) is 4.68. The second-order valence-electron chi connectivity index (χ2n) is 5.45. The Morgan fingerprint density at radius 3 is 2.65 bits per heavy atom. The monoisotopic (exact) mass is 277 g/mol. The molecule has 4 atom stereocenters. The molecule has 0 bridgehead atoms. The number of nitrogens with zero attached hydrogens (tertiary/aromatic N) is 4. The van der Waals surface area contributed by atoms with Crippen molar-refractivity contribution < 1.29 is 10.2 Å². The lowest BCUT2D eigenvalue weighted by molar-refractivity contribution is 0.00964. The predicted octanol–water partition coefficient (Wildman–Crippen LogP) is 0.479. The Balaban J connectivity index is 2.11. The van der Waals surface area contributed by atoms with Crippen molar-refractivity contribution in [2.45, 2.75) is 38.5 Å². The number of aromatic nitrogens is 4. The van der Waals surface area contributed by atoms with Gasteiger partial charge in [0.25, 0.3) is 0 Å². The number of aliphatic hydroxyl groups is 2. The minimum Gasteiger partial charge on any atom is -0.390 e. The van der Waals surface area contributed by atoms with Crippen LogP contribution >= 0.6 is 0 Å². The van der Waals surface area contributed by atoms with Gasteiger partial charge in [-0.15, -0.1) is 0 Å². The average Bonchev–Trinajstić information content (AvgIpc) is 2.94. The molecule has 1 fully saturated rings. The highest BCUT2D eigenvalue weighted by atomic mass is 16.3. The molecular weight excluding hydrogens is 258 g/mol. The topological polar surface area (TPSA) is 96.1 Å². The average molecular weight is 277 g/mol. The first-order valence-electron chi connectivity index (χ1n) is 6.78. The Kier molecular flexibility index (Phi) is 3.10. The van der Waals surface area contributed by atoms with E-state index in [4.69, 9.17) is 0 Å². The highest BCUT2D eigenvalue weighted by molar-refractivity contribution is 5.83. The van der Waals surface area contributed by atoms with Crippen molar-refractivity contribution in [3.05, 3.63) is 12.2 Å². The minimum atomic E-state index is -0.796. The Morgan fingerprint density at radius 1 is 1.30 bits per heavy atom. The molecule has 7 heteroatoms. The molecular formula is C13H19N5O2. The summed E-state index contributed by atoms with van der Waals surface area (Å²) in [5.41, 5.74) is 1.37. The van der Waals surface area contributed by atoms with Crippen LogP contribution in [0.15, 0.2) is 6.33 Å². The van der Waals surface area contributed by atoms with E-state index in [0.717, 1.165) is 0 Å². The maximum Gasteiger partial charge on any atom is 0.166 e. The van der Waals surface area contributed by atoms with E-state index in [1.807, 2.05) is 18.4 Å². The summed E-state index contributed by atoms with van der Waals surface area (Å²) in [6, 6.07) is -0.205. The van der Waals surface area contributed by atoms with Crippen molar-refractivity contribution in [3.8, 4) is 0 Å². The summed E-state index contributed by atoms with van der Waals surface area (Å²) in [6.45, 7) is 3.76. The summed E-state index contributed by atoms with van der Waals surface area (Å²) in [5.74, 6) is 1.37. The minimum absolute atomic E-state index is 0.0548. The van der Waals surface area contributed by atoms with Crippen LogP contribution in [0, 0.1) is 12.8 Å². The van der Waals surface area contributed by atoms with Gasteiger partial charge in [-0.05, 0) is 19.3 Å². The molecule has 0 aromatic carbocycles. The number of anilines is 1. The molecule has 1 saturated carbocycles. The first kappa shape index (κ1) is 13.3. The van der Waals surface area contributed by atoms with E-state index in [1.54, 1.807) is 13.4 Å². The van der Waals surface area contributed by atoms with Crippen molar-refractivity contribution in [1.82, 2.24) is 19.5 Å². The molecule has 1 aliphatic rings. The van der Waals surface area contributed by atoms with Crippen LogP contribution in [-0.2, 0) is 0 Å². The molecule has 1 aliphatic carbocycles. The largest absolute Gasteiger partial charge is 0.390 e. The maximum absolute atomic E-state index is 10.2. The molecule has 0 saturated heterocycles. The van der Waals surface area contributed by atoms with E-state index >= 15 is 0 Å². The van der Waals surface area contributed by atoms with Gasteiger partial charge in [-0.2, -0.15) is 0 Å². The van der Waals surface area contributed by atoms with Crippen LogP contribution in [0.2, 0.25) is 0 Å². The highest BCUT2D eigenvalue weighted by Crippen LogP contribution is 2.36. The standard InChI is InChI=1S/C13H19N5O2/c1-6-4-8(11(20)10(6)19)18-5-15-9-12(14-3)16-7(2)17-13(9)18/h5-6,8,10-11,19-20H,4H2,1-3H3,(H,14,16,17)/t6-,8+,10+,11-/m0/s1. The van der Waals surface area contributed by atoms with Crippen LogP contribution in [0.3, 0.4) is 0 Å². The smallest absolute Gasteiger partial charge is 0.166 e. The van der Waals surface area contributed by atoms with Gasteiger partial charge >= 0.3 is 0 Å². The predicted molar refractivity (Wildman–Crippen MR) is 74.4 cm³/mol. The van der Waals surface area contributed by atoms with Gasteiger partial charge in [-0.1, -0.05) is 6.92 Å². The number of nitrogens with one attached hydrogen (secondary N) is 1. The molecule has 3 N–H and O–H groups in total. The molecule has 2 aromatic heterocycles. The molecule has 3 rings (SSSR count). The molecule has 2 heterocycles. The lowest BCUT2D eigenvalue weighted by Gasteiger charge is -2.18. The summed E-state index contributed by atoms with van der Waals surface area (Å²) in [7, 11) is 1.79. The van der Waals surface area contributed by atoms with Crippen molar-refractivity contribution >= 4 is 17.0 Å². The van der Waals surface area contributed by atoms with Gasteiger partial charge in [-0.3, -0.25) is 0 Å². The van der Waals surface area contributed by atoms with E-state index in [9.17, 15) is 10.2 Å². The zero-order chi connectivity index (χ0) is 14.4. The number of hydrogen-bond acceptors (Lipinski definition) is 6. The zero-order valence-corrected chi connectivity index (χ0v) is 11.8. The lowest BCUT2D eigenvalue weighted by Crippen LogP contribution is -2.28. The summed E-state index contributed by atoms with van der Waals surface area (Å²) in [4.78, 5) is 13.1. The molecule has 108 valence electrons. The number of aliphatic hydroxyl groups excluding tert-OH is 2. The van der Waals surface area contributed by atoms with Crippen molar-refractivity contribution in [3.63, 3.8) is 0 Å². The fourth-order valence-electron chi connectivity index (χ4n) is 2.94. The lowest BCUT2D eigenvalue weighted by atomic mass is 10.1. The SMILES string of the molecule is CNc1nc(C)nc2c1ncn2[C@@H]1C[C@H](C)[C@@H](O)[C@H]1O. The summed E-state index contributed by atoms with van der Waals surface area (Å²) >= 11 is 0. The maximum atomic E-state index is 10.2. The molecule has 0 amide bonds. The summed E-state index contributed by atoms with van der Waals surface area (Å²) in [5, 5.41) is 23.1. The quantitative estimate of drug-likeness (QED) is 0.739. The number of rotatable bonds is 2. The van der Waals surface area contributed by atoms with E-state index < -0.39 is 12.2 Å². The number of fused-ring (bicyclic) bond motifs is 1. The first-order chi connectivity index (χ1) is 9.52. The molecule has 0 spiro atoms. The molecule has 0 radical (unpaired) electrons. The Bertz CT molecular complexity index is 641. The van der Waals surface area contributed by atoms with Gasteiger partial charge in [0.2, 0.25) is 0 Å². The van der Waals surface area contributed by atoms with Crippen molar-refractivity contribution in [1.29, 1.82) is 0 Å². The molecule has 0 unspecified atom stereocenters. The third-order valence-electron chi connectivity index (χ3n) is 4.07. The van der Waals surface area contributed by atoms with Gasteiger partial charge < -0.3 is 20.1 Å². The molecule has 20 heavy (non-hydrogen) atoms. The van der Waals surface area contributed by atoms with Crippen LogP contribution in [0.4, 0.5) is 5.82 Å². The third-order valence-corrected chi connectivity index (χ3v) is 4.07. The number of hydrogen-bond donors (Lipinski definition) is 3. The van der Waals surface area contributed by atoms with Crippen LogP contribution in [0.1, 0.15) is 25.2 Å². The van der Waals surface area contributed by atoms with Gasteiger partial charge in [0.1, 0.15) is 17.4 Å². The second-order valence-corrected chi connectivity index (χ2v) is 5.45. The molecule has 2 aromatic rings. The van der Waals surface area contributed by atoms with Crippen LogP contribution < -0.4 is 5.32 Å². The third kappa shape index (κ3) is 1.85. The van der Waals surface area contributed by atoms with Gasteiger partial charge in [0.05, 0.1) is 18.5 Å². The Morgan fingerprint density at radius 2 is 2.05 bits per heavy atom. The van der Waals surface area contributed by atoms with Crippen molar-refractivity contribution in [2.24, 2.45) is 5.92 Å².